The molecule has 5 heteroatoms. The highest BCUT2D eigenvalue weighted by Gasteiger charge is 2.37. The normalized spacial score (nSPS) is 25.9. The van der Waals surface area contributed by atoms with Crippen LogP contribution in [0.5, 0.6) is 0 Å². The van der Waals surface area contributed by atoms with E-state index in [1.54, 1.807) is 0 Å². The number of benzene rings is 2. The van der Waals surface area contributed by atoms with Crippen molar-refractivity contribution >= 4 is 0 Å². The first kappa shape index (κ1) is 19.0. The van der Waals surface area contributed by atoms with E-state index in [4.69, 9.17) is 14.2 Å². The van der Waals surface area contributed by atoms with Crippen molar-refractivity contribution in [3.63, 3.8) is 0 Å². The Hall–Kier alpha value is -1.76. The lowest BCUT2D eigenvalue weighted by atomic mass is 9.98. The predicted molar refractivity (Wildman–Crippen MR) is 97.5 cm³/mol. The van der Waals surface area contributed by atoms with Crippen LogP contribution >= 0.6 is 0 Å². The average molecular weight is 358 g/mol. The molecule has 0 spiro atoms. The van der Waals surface area contributed by atoms with Crippen molar-refractivity contribution in [3.8, 4) is 0 Å². The Bertz CT molecular complexity index is 633. The number of ether oxygens (including phenoxy) is 3. The zero-order valence-corrected chi connectivity index (χ0v) is 14.7. The van der Waals surface area contributed by atoms with Gasteiger partial charge in [0.1, 0.15) is 12.2 Å². The molecule has 1 aliphatic heterocycles. The Morgan fingerprint density at radius 1 is 0.885 bits per heavy atom. The molecule has 1 heterocycles. The van der Waals surface area contributed by atoms with Gasteiger partial charge in [-0.25, -0.2) is 0 Å². The summed E-state index contributed by atoms with van der Waals surface area (Å²) in [5, 5.41) is 19.6. The fourth-order valence-corrected chi connectivity index (χ4v) is 3.08. The second kappa shape index (κ2) is 9.80. The van der Waals surface area contributed by atoms with Crippen molar-refractivity contribution in [1.29, 1.82) is 0 Å². The maximum Gasteiger partial charge on any atom is 0.108 e. The third-order valence-corrected chi connectivity index (χ3v) is 4.55. The van der Waals surface area contributed by atoms with E-state index in [-0.39, 0.29) is 18.8 Å². The molecule has 0 saturated carbocycles. The van der Waals surface area contributed by atoms with Gasteiger partial charge >= 0.3 is 0 Å². The maximum absolute atomic E-state index is 10.2. The van der Waals surface area contributed by atoms with E-state index >= 15 is 0 Å². The molecule has 0 unspecified atom stereocenters. The van der Waals surface area contributed by atoms with E-state index in [1.807, 2.05) is 60.7 Å². The van der Waals surface area contributed by atoms with E-state index in [9.17, 15) is 10.2 Å². The summed E-state index contributed by atoms with van der Waals surface area (Å²) in [6.07, 6.45) is -1.55. The van der Waals surface area contributed by atoms with Gasteiger partial charge in [-0.2, -0.15) is 0 Å². The SMILES string of the molecule is OC[C@@H]1O[C@H](COCc2ccccc2)[C@@H](OCc2ccccc2)C[C@H]1O. The van der Waals surface area contributed by atoms with Crippen molar-refractivity contribution in [2.24, 2.45) is 0 Å². The van der Waals surface area contributed by atoms with Crippen LogP contribution < -0.4 is 0 Å². The van der Waals surface area contributed by atoms with Crippen LogP contribution in [0.25, 0.3) is 0 Å². The highest BCUT2D eigenvalue weighted by Crippen LogP contribution is 2.24. The van der Waals surface area contributed by atoms with Crippen LogP contribution in [-0.2, 0) is 27.4 Å². The minimum atomic E-state index is -0.744. The first-order valence-electron chi connectivity index (χ1n) is 8.98. The Balaban J connectivity index is 1.56. The molecule has 5 nitrogen and oxygen atoms in total. The third-order valence-electron chi connectivity index (χ3n) is 4.55. The fraction of sp³-hybridized carbons (Fsp3) is 0.429. The first-order chi connectivity index (χ1) is 12.8. The lowest BCUT2D eigenvalue weighted by Crippen LogP contribution is -2.51. The standard InChI is InChI=1S/C21H26O5/c22-12-20-18(23)11-19(25-14-17-9-5-2-6-10-17)21(26-20)15-24-13-16-7-3-1-4-8-16/h1-10,18-23H,11-15H2/t18-,19+,20+,21-/m1/s1. The molecule has 2 aromatic rings. The highest BCUT2D eigenvalue weighted by atomic mass is 16.6. The quantitative estimate of drug-likeness (QED) is 0.758. The maximum atomic E-state index is 10.2. The van der Waals surface area contributed by atoms with Gasteiger partial charge < -0.3 is 24.4 Å². The molecule has 1 saturated heterocycles. The molecule has 4 atom stereocenters. The minimum Gasteiger partial charge on any atom is -0.394 e. The Kier molecular flexibility index (Phi) is 7.17. The van der Waals surface area contributed by atoms with Crippen LogP contribution in [0.2, 0.25) is 0 Å². The van der Waals surface area contributed by atoms with Crippen molar-refractivity contribution in [2.75, 3.05) is 13.2 Å². The summed E-state index contributed by atoms with van der Waals surface area (Å²) in [7, 11) is 0. The number of aliphatic hydroxyl groups excluding tert-OH is 2. The molecule has 26 heavy (non-hydrogen) atoms. The van der Waals surface area contributed by atoms with Gasteiger partial charge in [0, 0.05) is 6.42 Å². The summed E-state index contributed by atoms with van der Waals surface area (Å²) in [5.41, 5.74) is 2.15. The van der Waals surface area contributed by atoms with Crippen LogP contribution in [-0.4, -0.2) is 47.8 Å². The Morgan fingerprint density at radius 2 is 1.50 bits per heavy atom. The Labute approximate surface area is 154 Å². The molecule has 0 radical (unpaired) electrons. The molecule has 2 N–H and O–H groups in total. The first-order valence-corrected chi connectivity index (χ1v) is 8.98. The van der Waals surface area contributed by atoms with Gasteiger partial charge in [-0.3, -0.25) is 0 Å². The summed E-state index contributed by atoms with van der Waals surface area (Å²) in [6, 6.07) is 19.8. The molecule has 1 aliphatic rings. The van der Waals surface area contributed by atoms with Gasteiger partial charge in [0.05, 0.1) is 38.6 Å². The van der Waals surface area contributed by atoms with Crippen LogP contribution in [0.15, 0.2) is 60.7 Å². The predicted octanol–water partition coefficient (Wildman–Crippen LogP) is 2.30. The molecular formula is C21H26O5. The van der Waals surface area contributed by atoms with Crippen LogP contribution in [0.4, 0.5) is 0 Å². The number of hydrogen-bond acceptors (Lipinski definition) is 5. The van der Waals surface area contributed by atoms with Gasteiger partial charge in [-0.1, -0.05) is 60.7 Å². The van der Waals surface area contributed by atoms with Gasteiger partial charge in [-0.05, 0) is 11.1 Å². The molecule has 0 aromatic heterocycles. The van der Waals surface area contributed by atoms with E-state index in [0.29, 0.717) is 26.2 Å². The monoisotopic (exact) mass is 358 g/mol. The molecule has 0 bridgehead atoms. The number of rotatable bonds is 8. The molecule has 0 aliphatic carbocycles. The molecule has 3 rings (SSSR count). The second-order valence-corrected chi connectivity index (χ2v) is 6.53. The van der Waals surface area contributed by atoms with Crippen molar-refractivity contribution in [2.45, 2.75) is 44.1 Å². The van der Waals surface area contributed by atoms with E-state index < -0.39 is 12.2 Å². The number of aliphatic hydroxyl groups is 2. The van der Waals surface area contributed by atoms with Crippen molar-refractivity contribution in [1.82, 2.24) is 0 Å². The Morgan fingerprint density at radius 3 is 2.12 bits per heavy atom. The van der Waals surface area contributed by atoms with Crippen LogP contribution in [0.1, 0.15) is 17.5 Å². The minimum absolute atomic E-state index is 0.220. The number of hydrogen-bond donors (Lipinski definition) is 2. The summed E-state index contributed by atoms with van der Waals surface area (Å²) in [6.45, 7) is 1.05. The van der Waals surface area contributed by atoms with E-state index in [0.717, 1.165) is 11.1 Å². The molecule has 0 amide bonds. The molecular weight excluding hydrogens is 332 g/mol. The summed E-state index contributed by atoms with van der Waals surface area (Å²) in [4.78, 5) is 0. The lowest BCUT2D eigenvalue weighted by Gasteiger charge is -2.38. The fourth-order valence-electron chi connectivity index (χ4n) is 3.08. The molecule has 140 valence electrons. The van der Waals surface area contributed by atoms with Crippen LogP contribution in [0.3, 0.4) is 0 Å². The smallest absolute Gasteiger partial charge is 0.108 e. The second-order valence-electron chi connectivity index (χ2n) is 6.53. The summed E-state index contributed by atoms with van der Waals surface area (Å²) < 4.78 is 17.6. The van der Waals surface area contributed by atoms with Gasteiger partial charge in [0.2, 0.25) is 0 Å². The zero-order chi connectivity index (χ0) is 18.2. The van der Waals surface area contributed by atoms with Crippen molar-refractivity contribution in [3.05, 3.63) is 71.8 Å². The molecule has 2 aromatic carbocycles. The van der Waals surface area contributed by atoms with Gasteiger partial charge in [-0.15, -0.1) is 0 Å². The van der Waals surface area contributed by atoms with E-state index in [2.05, 4.69) is 0 Å². The van der Waals surface area contributed by atoms with Gasteiger partial charge in [0.15, 0.2) is 0 Å². The van der Waals surface area contributed by atoms with Crippen LogP contribution in [0, 0.1) is 0 Å². The summed E-state index contributed by atoms with van der Waals surface area (Å²) >= 11 is 0. The largest absolute Gasteiger partial charge is 0.394 e. The average Bonchev–Trinajstić information content (AvgIpc) is 2.69. The topological polar surface area (TPSA) is 68.2 Å². The zero-order valence-electron chi connectivity index (χ0n) is 14.7. The third kappa shape index (κ3) is 5.37. The summed E-state index contributed by atoms with van der Waals surface area (Å²) in [5.74, 6) is 0. The van der Waals surface area contributed by atoms with E-state index in [1.165, 1.54) is 0 Å². The van der Waals surface area contributed by atoms with Crippen molar-refractivity contribution < 1.29 is 24.4 Å². The lowest BCUT2D eigenvalue weighted by molar-refractivity contribution is -0.209. The molecule has 1 fully saturated rings. The highest BCUT2D eigenvalue weighted by molar-refractivity contribution is 5.14. The van der Waals surface area contributed by atoms with Gasteiger partial charge in [0.25, 0.3) is 0 Å².